The highest BCUT2D eigenvalue weighted by Crippen LogP contribution is 2.74. The molecular weight excluding hydrogens is 398 g/mol. The number of ether oxygens (including phenoxy) is 1. The minimum atomic E-state index is -0.329. The molecule has 4 saturated carbocycles. The number of allylic oxidation sites excluding steroid dienone is 2. The molecule has 0 heterocycles. The average Bonchev–Trinajstić information content (AvgIpc) is 3.09. The second kappa shape index (κ2) is 6.85. The van der Waals surface area contributed by atoms with Gasteiger partial charge in [-0.05, 0) is 97.7 Å². The lowest BCUT2D eigenvalue weighted by atomic mass is 9.36. The summed E-state index contributed by atoms with van der Waals surface area (Å²) in [6.45, 7) is 12.3. The van der Waals surface area contributed by atoms with E-state index in [4.69, 9.17) is 4.74 Å². The van der Waals surface area contributed by atoms with Crippen molar-refractivity contribution in [3.63, 3.8) is 0 Å². The van der Waals surface area contributed by atoms with Crippen molar-refractivity contribution in [3.8, 4) is 0 Å². The van der Waals surface area contributed by atoms with E-state index in [2.05, 4.69) is 45.9 Å². The minimum absolute atomic E-state index is 0.0310. The van der Waals surface area contributed by atoms with E-state index in [-0.39, 0.29) is 33.0 Å². The van der Waals surface area contributed by atoms with Crippen LogP contribution in [-0.4, -0.2) is 24.0 Å². The summed E-state index contributed by atoms with van der Waals surface area (Å²) in [5.74, 6) is 1.36. The molecule has 32 heavy (non-hydrogen) atoms. The Morgan fingerprint density at radius 2 is 1.75 bits per heavy atom. The number of hydrogen-bond acceptors (Lipinski definition) is 4. The third-order valence-electron chi connectivity index (χ3n) is 11.9. The van der Waals surface area contributed by atoms with Gasteiger partial charge in [-0.1, -0.05) is 51.4 Å². The largest absolute Gasteiger partial charge is 0.469 e. The van der Waals surface area contributed by atoms with Crippen molar-refractivity contribution in [2.75, 3.05) is 7.11 Å². The highest BCUT2D eigenvalue weighted by atomic mass is 16.5. The Bertz CT molecular complexity index is 889. The number of methoxy groups -OCH3 is 1. The summed E-state index contributed by atoms with van der Waals surface area (Å²) in [6.07, 6.45) is 13.3. The molecule has 5 aliphatic carbocycles. The fourth-order valence-corrected chi connectivity index (χ4v) is 9.77. The van der Waals surface area contributed by atoms with Crippen LogP contribution in [0.25, 0.3) is 0 Å². The number of carbonyl (C=O) groups excluding carboxylic acids is 1. The average molecular weight is 442 g/mol. The highest BCUT2D eigenvalue weighted by molar-refractivity contribution is 5.89. The third kappa shape index (κ3) is 2.61. The van der Waals surface area contributed by atoms with Gasteiger partial charge in [-0.15, -0.1) is 0 Å². The molecule has 0 aliphatic heterocycles. The molecule has 0 amide bonds. The van der Waals surface area contributed by atoms with E-state index >= 15 is 0 Å². The van der Waals surface area contributed by atoms with Crippen LogP contribution in [0.15, 0.2) is 16.8 Å². The number of esters is 1. The molecule has 0 aromatic heterocycles. The second-order valence-corrected chi connectivity index (χ2v) is 13.5. The molecule has 1 N–H and O–H groups in total. The second-order valence-electron chi connectivity index (χ2n) is 13.5. The summed E-state index contributed by atoms with van der Waals surface area (Å²) in [4.78, 5) is 13.3. The minimum Gasteiger partial charge on any atom is -0.469 e. The Kier molecular flexibility index (Phi) is 4.81. The number of rotatable bonds is 1. The molecule has 0 bridgehead atoms. The molecule has 4 fully saturated rings. The van der Waals surface area contributed by atoms with Gasteiger partial charge in [0.1, 0.15) is 0 Å². The van der Waals surface area contributed by atoms with Gasteiger partial charge in [0.15, 0.2) is 0 Å². The summed E-state index contributed by atoms with van der Waals surface area (Å²) < 4.78 is 5.46. The molecule has 0 spiro atoms. The maximum atomic E-state index is 13.3. The Balaban J connectivity index is 1.60. The molecule has 0 aromatic carbocycles. The van der Waals surface area contributed by atoms with Crippen molar-refractivity contribution < 1.29 is 14.7 Å². The quantitative estimate of drug-likeness (QED) is 0.211. The van der Waals surface area contributed by atoms with Crippen LogP contribution >= 0.6 is 0 Å². The standard InChI is InChI=1S/C28H43NO3/c1-24(2)13-15-28(23(30)32-6)16-14-26(4)18(20(28)17-24)7-8-22-25(3)11-10-21(29-31)19(25)9-12-27(22,26)5/h7,19-20,22,31H,8-17H2,1-6H3/b29-21+/t19?,20?,22?,25-,26+,27+,28-/m0/s1. The van der Waals surface area contributed by atoms with Gasteiger partial charge in [0.2, 0.25) is 0 Å². The highest BCUT2D eigenvalue weighted by Gasteiger charge is 2.68. The third-order valence-corrected chi connectivity index (χ3v) is 11.9. The van der Waals surface area contributed by atoms with Crippen molar-refractivity contribution in [1.82, 2.24) is 0 Å². The van der Waals surface area contributed by atoms with Crippen LogP contribution in [0.4, 0.5) is 0 Å². The maximum absolute atomic E-state index is 13.3. The van der Waals surface area contributed by atoms with E-state index in [1.807, 2.05) is 0 Å². The first-order valence-electron chi connectivity index (χ1n) is 13.0. The SMILES string of the molecule is COC(=O)[C@]12CCC(C)(C)CC1C1=CCC3[C@@]4(C)CC/C(=N\O)C4CC[C@@]3(C)[C@]1(C)CC2. The summed E-state index contributed by atoms with van der Waals surface area (Å²) in [5, 5.41) is 13.4. The van der Waals surface area contributed by atoms with Crippen LogP contribution in [0.5, 0.6) is 0 Å². The summed E-state index contributed by atoms with van der Waals surface area (Å²) in [5.41, 5.74) is 3.11. The molecule has 3 unspecified atom stereocenters. The van der Waals surface area contributed by atoms with Crippen molar-refractivity contribution in [2.45, 2.75) is 98.8 Å². The van der Waals surface area contributed by atoms with Crippen LogP contribution in [0.1, 0.15) is 98.8 Å². The number of carbonyl (C=O) groups is 1. The maximum Gasteiger partial charge on any atom is 0.312 e. The van der Waals surface area contributed by atoms with Crippen molar-refractivity contribution in [2.24, 2.45) is 50.0 Å². The van der Waals surface area contributed by atoms with Gasteiger partial charge in [0.05, 0.1) is 18.2 Å². The lowest BCUT2D eigenvalue weighted by molar-refractivity contribution is -0.173. The Labute approximate surface area is 194 Å². The van der Waals surface area contributed by atoms with E-state index < -0.39 is 0 Å². The molecule has 5 rings (SSSR count). The first-order chi connectivity index (χ1) is 15.0. The number of hydrogen-bond donors (Lipinski definition) is 1. The number of fused-ring (bicyclic) bond motifs is 7. The summed E-state index contributed by atoms with van der Waals surface area (Å²) >= 11 is 0. The van der Waals surface area contributed by atoms with Crippen LogP contribution in [0, 0.1) is 44.8 Å². The molecule has 0 radical (unpaired) electrons. The predicted molar refractivity (Wildman–Crippen MR) is 126 cm³/mol. The molecule has 178 valence electrons. The normalized spacial score (nSPS) is 50.5. The molecule has 0 aromatic rings. The fourth-order valence-electron chi connectivity index (χ4n) is 9.77. The lowest BCUT2D eigenvalue weighted by Crippen LogP contribution is -2.62. The molecule has 7 atom stereocenters. The van der Waals surface area contributed by atoms with Crippen LogP contribution in [0.2, 0.25) is 0 Å². The van der Waals surface area contributed by atoms with E-state index in [1.165, 1.54) is 6.42 Å². The van der Waals surface area contributed by atoms with E-state index in [1.54, 1.807) is 12.7 Å². The smallest absolute Gasteiger partial charge is 0.312 e. The van der Waals surface area contributed by atoms with Crippen molar-refractivity contribution in [3.05, 3.63) is 11.6 Å². The summed E-state index contributed by atoms with van der Waals surface area (Å²) in [7, 11) is 1.58. The van der Waals surface area contributed by atoms with E-state index in [0.29, 0.717) is 17.8 Å². The van der Waals surface area contributed by atoms with Crippen molar-refractivity contribution >= 4 is 11.7 Å². The van der Waals surface area contributed by atoms with Gasteiger partial charge in [0.25, 0.3) is 0 Å². The number of nitrogens with zero attached hydrogens (tertiary/aromatic N) is 1. The first kappa shape index (κ1) is 22.5. The van der Waals surface area contributed by atoms with Gasteiger partial charge >= 0.3 is 5.97 Å². The van der Waals surface area contributed by atoms with Gasteiger partial charge in [-0.25, -0.2) is 0 Å². The molecular formula is C28H43NO3. The van der Waals surface area contributed by atoms with Gasteiger partial charge < -0.3 is 9.94 Å². The topological polar surface area (TPSA) is 58.9 Å². The fraction of sp³-hybridized carbons (Fsp3) is 0.857. The van der Waals surface area contributed by atoms with Gasteiger partial charge in [-0.2, -0.15) is 0 Å². The zero-order chi connectivity index (χ0) is 23.2. The Morgan fingerprint density at radius 3 is 2.44 bits per heavy atom. The monoisotopic (exact) mass is 441 g/mol. The van der Waals surface area contributed by atoms with E-state index in [0.717, 1.165) is 63.5 Å². The molecule has 0 saturated heterocycles. The Morgan fingerprint density at radius 1 is 1.03 bits per heavy atom. The van der Waals surface area contributed by atoms with Crippen molar-refractivity contribution in [1.29, 1.82) is 0 Å². The molecule has 4 heteroatoms. The van der Waals surface area contributed by atoms with Gasteiger partial charge in [0, 0.05) is 5.92 Å². The predicted octanol–water partition coefficient (Wildman–Crippen LogP) is 6.77. The lowest BCUT2D eigenvalue weighted by Gasteiger charge is -2.68. The van der Waals surface area contributed by atoms with E-state index in [9.17, 15) is 10.0 Å². The molecule has 4 nitrogen and oxygen atoms in total. The van der Waals surface area contributed by atoms with Crippen LogP contribution in [-0.2, 0) is 9.53 Å². The van der Waals surface area contributed by atoms with Crippen LogP contribution < -0.4 is 0 Å². The molecule has 5 aliphatic rings. The Hall–Kier alpha value is -1.32. The summed E-state index contributed by atoms with van der Waals surface area (Å²) in [6, 6.07) is 0. The zero-order valence-electron chi connectivity index (χ0n) is 21.1. The van der Waals surface area contributed by atoms with Gasteiger partial charge in [-0.3, -0.25) is 4.79 Å². The zero-order valence-corrected chi connectivity index (χ0v) is 21.1. The number of oxime groups is 1. The van der Waals surface area contributed by atoms with Crippen LogP contribution in [0.3, 0.4) is 0 Å². The first-order valence-corrected chi connectivity index (χ1v) is 13.0.